The van der Waals surface area contributed by atoms with E-state index in [1.165, 1.54) is 37.6 Å². The van der Waals surface area contributed by atoms with Crippen molar-refractivity contribution in [2.24, 2.45) is 0 Å². The van der Waals surface area contributed by atoms with E-state index in [0.717, 1.165) is 9.87 Å². The molecule has 1 heterocycles. The molecule has 1 amide bonds. The topological polar surface area (TPSA) is 97.8 Å². The van der Waals surface area contributed by atoms with Gasteiger partial charge in [0.2, 0.25) is 10.0 Å². The average Bonchev–Trinajstić information content (AvgIpc) is 3.26. The summed E-state index contributed by atoms with van der Waals surface area (Å²) in [4.78, 5) is 17.3. The normalized spacial score (nSPS) is 12.4. The third kappa shape index (κ3) is 5.45. The maximum Gasteiger partial charge on any atom is 0.267 e. The van der Waals surface area contributed by atoms with Gasteiger partial charge in [0, 0.05) is 25.0 Å². The van der Waals surface area contributed by atoms with E-state index in [2.05, 4.69) is 10.3 Å². The first-order valence-corrected chi connectivity index (χ1v) is 12.2. The molecule has 2 aromatic carbocycles. The lowest BCUT2D eigenvalue weighted by molar-refractivity contribution is -0.122. The van der Waals surface area contributed by atoms with Crippen LogP contribution in [0.2, 0.25) is 0 Å². The number of nitrogens with zero attached hydrogens (tertiary/aromatic N) is 2. The SMILES string of the molecule is CC[C@@H](Oc1ccc(OC)cc1)C(=O)Nc1nc(-c2ccc(S(=O)(=O)N(C)C)cc2)cs1. The van der Waals surface area contributed by atoms with Crippen LogP contribution in [0.1, 0.15) is 13.3 Å². The molecule has 10 heteroatoms. The van der Waals surface area contributed by atoms with Crippen LogP contribution >= 0.6 is 11.3 Å². The van der Waals surface area contributed by atoms with Gasteiger partial charge in [-0.2, -0.15) is 0 Å². The summed E-state index contributed by atoms with van der Waals surface area (Å²) < 4.78 is 36.5. The minimum atomic E-state index is -3.49. The molecule has 0 saturated carbocycles. The fourth-order valence-electron chi connectivity index (χ4n) is 2.80. The molecule has 8 nitrogen and oxygen atoms in total. The lowest BCUT2D eigenvalue weighted by atomic mass is 10.2. The molecule has 0 saturated heterocycles. The van der Waals surface area contributed by atoms with Crippen LogP contribution in [0.3, 0.4) is 0 Å². The van der Waals surface area contributed by atoms with E-state index in [-0.39, 0.29) is 10.8 Å². The standard InChI is InChI=1S/C22H25N3O5S2/c1-5-20(30-17-10-8-16(29-4)9-11-17)21(26)24-22-23-19(14-31-22)15-6-12-18(13-7-15)32(27,28)25(2)3/h6-14,20H,5H2,1-4H3,(H,23,24,26)/t20-/m1/s1. The monoisotopic (exact) mass is 475 g/mol. The van der Waals surface area contributed by atoms with Gasteiger partial charge in [-0.25, -0.2) is 17.7 Å². The summed E-state index contributed by atoms with van der Waals surface area (Å²) in [6.07, 6.45) is -0.191. The molecule has 3 rings (SSSR count). The van der Waals surface area contributed by atoms with Gasteiger partial charge < -0.3 is 9.47 Å². The van der Waals surface area contributed by atoms with Crippen LogP contribution in [0.5, 0.6) is 11.5 Å². The Bertz CT molecular complexity index is 1160. The summed E-state index contributed by atoms with van der Waals surface area (Å²) in [6.45, 7) is 1.87. The van der Waals surface area contributed by atoms with Crippen molar-refractivity contribution in [1.82, 2.24) is 9.29 Å². The summed E-state index contributed by atoms with van der Waals surface area (Å²) in [5, 5.41) is 5.03. The van der Waals surface area contributed by atoms with E-state index in [9.17, 15) is 13.2 Å². The molecule has 0 aliphatic rings. The minimum absolute atomic E-state index is 0.205. The first kappa shape index (κ1) is 23.7. The van der Waals surface area contributed by atoms with Crippen LogP contribution in [0, 0.1) is 0 Å². The second-order valence-corrected chi connectivity index (χ2v) is 10.0. The second kappa shape index (κ2) is 10.1. The number of nitrogens with one attached hydrogen (secondary N) is 1. The number of aromatic nitrogens is 1. The summed E-state index contributed by atoms with van der Waals surface area (Å²) in [5.41, 5.74) is 1.39. The Morgan fingerprint density at radius 3 is 2.28 bits per heavy atom. The zero-order chi connectivity index (χ0) is 23.3. The highest BCUT2D eigenvalue weighted by Gasteiger charge is 2.21. The maximum absolute atomic E-state index is 12.7. The molecule has 3 aromatic rings. The van der Waals surface area contributed by atoms with Crippen LogP contribution in [0.4, 0.5) is 5.13 Å². The van der Waals surface area contributed by atoms with Crippen molar-refractivity contribution < 1.29 is 22.7 Å². The van der Waals surface area contributed by atoms with Crippen molar-refractivity contribution in [3.63, 3.8) is 0 Å². The van der Waals surface area contributed by atoms with Gasteiger partial charge in [0.1, 0.15) is 11.5 Å². The lowest BCUT2D eigenvalue weighted by Gasteiger charge is -2.16. The molecule has 0 spiro atoms. The van der Waals surface area contributed by atoms with E-state index in [0.29, 0.717) is 28.7 Å². The Kier molecular flexibility index (Phi) is 7.49. The smallest absolute Gasteiger partial charge is 0.267 e. The molecule has 32 heavy (non-hydrogen) atoms. The molecule has 0 bridgehead atoms. The molecule has 0 fully saturated rings. The zero-order valence-electron chi connectivity index (χ0n) is 18.2. The van der Waals surface area contributed by atoms with E-state index in [1.807, 2.05) is 6.92 Å². The van der Waals surface area contributed by atoms with Gasteiger partial charge in [0.15, 0.2) is 11.2 Å². The minimum Gasteiger partial charge on any atom is -0.497 e. The second-order valence-electron chi connectivity index (χ2n) is 7.03. The number of thiazole rings is 1. The number of hydrogen-bond donors (Lipinski definition) is 1. The highest BCUT2D eigenvalue weighted by Crippen LogP contribution is 2.27. The predicted molar refractivity (Wildman–Crippen MR) is 125 cm³/mol. The van der Waals surface area contributed by atoms with Crippen LogP contribution in [0.25, 0.3) is 11.3 Å². The van der Waals surface area contributed by atoms with Gasteiger partial charge in [-0.15, -0.1) is 11.3 Å². The van der Waals surface area contributed by atoms with E-state index in [1.54, 1.807) is 48.9 Å². The van der Waals surface area contributed by atoms with E-state index >= 15 is 0 Å². The molecule has 1 N–H and O–H groups in total. The molecule has 0 aliphatic carbocycles. The quantitative estimate of drug-likeness (QED) is 0.505. The molecular weight excluding hydrogens is 450 g/mol. The lowest BCUT2D eigenvalue weighted by Crippen LogP contribution is -2.32. The number of carbonyl (C=O) groups is 1. The number of ether oxygens (including phenoxy) is 2. The number of sulfonamides is 1. The Morgan fingerprint density at radius 1 is 1.09 bits per heavy atom. The van der Waals surface area contributed by atoms with Crippen LogP contribution in [-0.4, -0.2) is 50.9 Å². The average molecular weight is 476 g/mol. The number of methoxy groups -OCH3 is 1. The predicted octanol–water partition coefficient (Wildman–Crippen LogP) is 3.87. The van der Waals surface area contributed by atoms with Crippen LogP contribution < -0.4 is 14.8 Å². The molecule has 170 valence electrons. The molecular formula is C22H25N3O5S2. The van der Waals surface area contributed by atoms with Crippen LogP contribution in [-0.2, 0) is 14.8 Å². The molecule has 1 aromatic heterocycles. The largest absolute Gasteiger partial charge is 0.497 e. The summed E-state index contributed by atoms with van der Waals surface area (Å²) in [5.74, 6) is 0.981. The van der Waals surface area contributed by atoms with Crippen molar-refractivity contribution in [2.75, 3.05) is 26.5 Å². The number of benzene rings is 2. The number of anilines is 1. The van der Waals surface area contributed by atoms with Crippen molar-refractivity contribution in [1.29, 1.82) is 0 Å². The molecule has 1 atom stereocenters. The summed E-state index contributed by atoms with van der Waals surface area (Å²) >= 11 is 1.28. The third-order valence-electron chi connectivity index (χ3n) is 4.66. The van der Waals surface area contributed by atoms with Gasteiger partial charge >= 0.3 is 0 Å². The fourth-order valence-corrected chi connectivity index (χ4v) is 4.42. The van der Waals surface area contributed by atoms with Gasteiger partial charge in [0.25, 0.3) is 5.91 Å². The Labute approximate surface area is 191 Å². The van der Waals surface area contributed by atoms with E-state index in [4.69, 9.17) is 9.47 Å². The zero-order valence-corrected chi connectivity index (χ0v) is 19.9. The Balaban J connectivity index is 1.67. The fraction of sp³-hybridized carbons (Fsp3) is 0.273. The molecule has 0 aliphatic heterocycles. The summed E-state index contributed by atoms with van der Waals surface area (Å²) in [7, 11) is 1.07. The van der Waals surface area contributed by atoms with Crippen molar-refractivity contribution in [3.8, 4) is 22.8 Å². The number of hydrogen-bond acceptors (Lipinski definition) is 7. The third-order valence-corrected chi connectivity index (χ3v) is 7.25. The van der Waals surface area contributed by atoms with Gasteiger partial charge in [0.05, 0.1) is 17.7 Å². The van der Waals surface area contributed by atoms with E-state index < -0.39 is 16.1 Å². The number of rotatable bonds is 9. The highest BCUT2D eigenvalue weighted by molar-refractivity contribution is 7.89. The first-order valence-electron chi connectivity index (χ1n) is 9.84. The summed E-state index contributed by atoms with van der Waals surface area (Å²) in [6, 6.07) is 13.5. The van der Waals surface area contributed by atoms with Gasteiger partial charge in [-0.1, -0.05) is 19.1 Å². The maximum atomic E-state index is 12.7. The molecule has 0 unspecified atom stereocenters. The van der Waals surface area contributed by atoms with Crippen LogP contribution in [0.15, 0.2) is 58.8 Å². The Hall–Kier alpha value is -2.95. The first-order chi connectivity index (χ1) is 15.2. The van der Waals surface area contributed by atoms with Crippen molar-refractivity contribution >= 4 is 32.4 Å². The number of amides is 1. The van der Waals surface area contributed by atoms with Gasteiger partial charge in [-0.3, -0.25) is 10.1 Å². The van der Waals surface area contributed by atoms with Crippen molar-refractivity contribution in [2.45, 2.75) is 24.3 Å². The Morgan fingerprint density at radius 2 is 1.72 bits per heavy atom. The highest BCUT2D eigenvalue weighted by atomic mass is 32.2. The molecule has 0 radical (unpaired) electrons. The number of carbonyl (C=O) groups excluding carboxylic acids is 1. The van der Waals surface area contributed by atoms with Gasteiger partial charge in [-0.05, 0) is 42.8 Å². The van der Waals surface area contributed by atoms with Crippen molar-refractivity contribution in [3.05, 3.63) is 53.9 Å².